The molecule has 0 spiro atoms. The van der Waals surface area contributed by atoms with Crippen LogP contribution in [0.4, 0.5) is 0 Å². The molecule has 2 heterocycles. The van der Waals surface area contributed by atoms with Gasteiger partial charge in [-0.2, -0.15) is 0 Å². The summed E-state index contributed by atoms with van der Waals surface area (Å²) in [6.45, 7) is 18.0. The van der Waals surface area contributed by atoms with E-state index in [1.807, 2.05) is 11.8 Å². The Hall–Kier alpha value is -1.51. The number of amides is 1. The second-order valence-corrected chi connectivity index (χ2v) is 13.1. The number of esters is 1. The molecule has 0 aromatic heterocycles. The number of ketones is 1. The molecule has 0 N–H and O–H groups in total. The Morgan fingerprint density at radius 2 is 1.76 bits per heavy atom. The zero-order valence-corrected chi connectivity index (χ0v) is 25.1. The van der Waals surface area contributed by atoms with Crippen LogP contribution in [0.3, 0.4) is 0 Å². The summed E-state index contributed by atoms with van der Waals surface area (Å²) in [5.41, 5.74) is -1.68. The number of Topliss-reactive ketones (excluding diaryl/α,β-unsaturated/α-hetero) is 1. The molecule has 2 saturated heterocycles. The number of cyclic esters (lactones) is 1. The third-order valence-corrected chi connectivity index (χ3v) is 8.33. The maximum atomic E-state index is 13.3. The van der Waals surface area contributed by atoms with Crippen LogP contribution in [0.2, 0.25) is 0 Å². The standard InChI is InChI=1S/C29H53N3O5/c1-20(2)15-30(8)12-11-25(33)32-17-23(18-32)24-19-37-27(35)28(5,6)26(34)22(4)14-29(7,36-10)13-21(3)16-31(24)9/h20-24H,11-19H2,1-10H3/t21-,22-,24?,29-/m1/s1. The average Bonchev–Trinajstić information content (AvgIpc) is 2.76. The van der Waals surface area contributed by atoms with Gasteiger partial charge in [0.05, 0.1) is 5.60 Å². The summed E-state index contributed by atoms with van der Waals surface area (Å²) in [4.78, 5) is 45.6. The molecule has 4 atom stereocenters. The molecule has 2 aliphatic rings. The maximum Gasteiger partial charge on any atom is 0.319 e. The molecule has 2 aliphatic heterocycles. The van der Waals surface area contributed by atoms with E-state index in [9.17, 15) is 14.4 Å². The minimum atomic E-state index is -1.22. The molecule has 0 radical (unpaired) electrons. The SMILES string of the molecule is CO[C@]1(C)C[C@@H](C)CN(C)C(C2CN(C(=O)CCN(C)CC(C)C)C2)COC(=O)C(C)(C)C(=O)[C@H](C)C1. The van der Waals surface area contributed by atoms with Gasteiger partial charge in [-0.15, -0.1) is 0 Å². The summed E-state index contributed by atoms with van der Waals surface area (Å²) in [7, 11) is 5.84. The summed E-state index contributed by atoms with van der Waals surface area (Å²) in [5, 5.41) is 0. The van der Waals surface area contributed by atoms with Crippen molar-refractivity contribution < 1.29 is 23.9 Å². The van der Waals surface area contributed by atoms with Gasteiger partial charge in [-0.05, 0) is 59.5 Å². The van der Waals surface area contributed by atoms with Crippen LogP contribution in [-0.4, -0.2) is 105 Å². The molecule has 0 aliphatic carbocycles. The number of hydrogen-bond acceptors (Lipinski definition) is 7. The van der Waals surface area contributed by atoms with Gasteiger partial charge in [0.1, 0.15) is 12.0 Å². The van der Waals surface area contributed by atoms with Crippen molar-refractivity contribution in [2.75, 3.05) is 60.5 Å². The lowest BCUT2D eigenvalue weighted by molar-refractivity contribution is -0.163. The molecule has 8 heteroatoms. The molecule has 0 aromatic rings. The van der Waals surface area contributed by atoms with Crippen molar-refractivity contribution in [3.8, 4) is 0 Å². The first-order chi connectivity index (χ1) is 17.1. The van der Waals surface area contributed by atoms with Crippen LogP contribution < -0.4 is 0 Å². The molecule has 214 valence electrons. The lowest BCUT2D eigenvalue weighted by Gasteiger charge is -2.46. The van der Waals surface area contributed by atoms with Gasteiger partial charge in [-0.1, -0.05) is 27.7 Å². The highest BCUT2D eigenvalue weighted by Crippen LogP contribution is 2.34. The van der Waals surface area contributed by atoms with Gasteiger partial charge in [0.15, 0.2) is 5.78 Å². The van der Waals surface area contributed by atoms with Gasteiger partial charge in [-0.3, -0.25) is 19.3 Å². The first kappa shape index (κ1) is 31.7. The predicted molar refractivity (Wildman–Crippen MR) is 146 cm³/mol. The third-order valence-electron chi connectivity index (χ3n) is 8.33. The van der Waals surface area contributed by atoms with Crippen LogP contribution >= 0.6 is 0 Å². The number of likely N-dealkylation sites (tertiary alicyclic amines) is 1. The van der Waals surface area contributed by atoms with Crippen molar-refractivity contribution in [1.29, 1.82) is 0 Å². The summed E-state index contributed by atoms with van der Waals surface area (Å²) in [6.07, 6.45) is 1.89. The van der Waals surface area contributed by atoms with Crippen molar-refractivity contribution in [2.45, 2.75) is 79.4 Å². The van der Waals surface area contributed by atoms with E-state index >= 15 is 0 Å². The lowest BCUT2D eigenvalue weighted by Crippen LogP contribution is -2.60. The quantitative estimate of drug-likeness (QED) is 0.374. The zero-order chi connectivity index (χ0) is 28.1. The molecule has 0 aromatic carbocycles. The Morgan fingerprint density at radius 1 is 1.14 bits per heavy atom. The van der Waals surface area contributed by atoms with Crippen molar-refractivity contribution in [3.63, 3.8) is 0 Å². The fourth-order valence-electron chi connectivity index (χ4n) is 6.22. The van der Waals surface area contributed by atoms with Crippen LogP contribution in [0, 0.1) is 29.1 Å². The van der Waals surface area contributed by atoms with E-state index in [0.717, 1.165) is 26.1 Å². The van der Waals surface area contributed by atoms with Crippen LogP contribution in [0.15, 0.2) is 0 Å². The number of methoxy groups -OCH3 is 1. The molecule has 1 amide bonds. The number of hydrogen-bond donors (Lipinski definition) is 0. The van der Waals surface area contributed by atoms with E-state index in [0.29, 0.717) is 37.8 Å². The topological polar surface area (TPSA) is 79.4 Å². The second kappa shape index (κ2) is 13.0. The Labute approximate surface area is 225 Å². The Balaban J connectivity index is 2.12. The largest absolute Gasteiger partial charge is 0.463 e. The van der Waals surface area contributed by atoms with Gasteiger partial charge in [0.25, 0.3) is 0 Å². The van der Waals surface area contributed by atoms with E-state index in [1.54, 1.807) is 21.0 Å². The third kappa shape index (κ3) is 8.49. The Kier molecular flexibility index (Phi) is 11.2. The van der Waals surface area contributed by atoms with Gasteiger partial charge in [0.2, 0.25) is 5.91 Å². The number of ether oxygens (including phenoxy) is 2. The minimum absolute atomic E-state index is 0.0167. The first-order valence-electron chi connectivity index (χ1n) is 14.0. The van der Waals surface area contributed by atoms with E-state index in [1.165, 1.54) is 0 Å². The van der Waals surface area contributed by atoms with Crippen LogP contribution in [0.25, 0.3) is 0 Å². The van der Waals surface area contributed by atoms with Gasteiger partial charge < -0.3 is 19.3 Å². The lowest BCUT2D eigenvalue weighted by atomic mass is 9.76. The monoisotopic (exact) mass is 523 g/mol. The van der Waals surface area contributed by atoms with Crippen LogP contribution in [0.1, 0.15) is 67.7 Å². The number of likely N-dealkylation sites (N-methyl/N-ethyl adjacent to an activating group) is 1. The van der Waals surface area contributed by atoms with Crippen LogP contribution in [-0.2, 0) is 23.9 Å². The fourth-order valence-corrected chi connectivity index (χ4v) is 6.22. The molecule has 37 heavy (non-hydrogen) atoms. The van der Waals surface area contributed by atoms with Crippen molar-refractivity contribution in [3.05, 3.63) is 0 Å². The molecule has 2 rings (SSSR count). The van der Waals surface area contributed by atoms with E-state index in [-0.39, 0.29) is 36.2 Å². The zero-order valence-electron chi connectivity index (χ0n) is 25.1. The minimum Gasteiger partial charge on any atom is -0.463 e. The number of rotatable bonds is 7. The summed E-state index contributed by atoms with van der Waals surface area (Å²) in [5.74, 6) is 0.387. The van der Waals surface area contributed by atoms with Gasteiger partial charge >= 0.3 is 5.97 Å². The highest BCUT2D eigenvalue weighted by molar-refractivity contribution is 6.03. The predicted octanol–water partition coefficient (Wildman–Crippen LogP) is 3.33. The smallest absolute Gasteiger partial charge is 0.319 e. The summed E-state index contributed by atoms with van der Waals surface area (Å²) in [6, 6.07) is -0.0167. The molecular weight excluding hydrogens is 470 g/mol. The fraction of sp³-hybridized carbons (Fsp3) is 0.897. The van der Waals surface area contributed by atoms with Crippen LogP contribution in [0.5, 0.6) is 0 Å². The first-order valence-corrected chi connectivity index (χ1v) is 14.0. The summed E-state index contributed by atoms with van der Waals surface area (Å²) < 4.78 is 11.7. The van der Waals surface area contributed by atoms with Gasteiger partial charge in [0, 0.05) is 64.1 Å². The Bertz CT molecular complexity index is 794. The Morgan fingerprint density at radius 3 is 2.32 bits per heavy atom. The van der Waals surface area contributed by atoms with E-state index < -0.39 is 17.0 Å². The van der Waals surface area contributed by atoms with E-state index in [4.69, 9.17) is 9.47 Å². The molecule has 1 unspecified atom stereocenters. The van der Waals surface area contributed by atoms with Crippen molar-refractivity contribution in [2.24, 2.45) is 29.1 Å². The number of carbonyl (C=O) groups excluding carboxylic acids is 3. The number of nitrogens with zero attached hydrogens (tertiary/aromatic N) is 3. The molecule has 2 fully saturated rings. The second-order valence-electron chi connectivity index (χ2n) is 13.1. The molecule has 0 saturated carbocycles. The average molecular weight is 524 g/mol. The normalized spacial score (nSPS) is 30.9. The van der Waals surface area contributed by atoms with E-state index in [2.05, 4.69) is 51.6 Å². The maximum absolute atomic E-state index is 13.3. The highest BCUT2D eigenvalue weighted by Gasteiger charge is 2.45. The number of carbonyl (C=O) groups is 3. The molecule has 8 nitrogen and oxygen atoms in total. The van der Waals surface area contributed by atoms with Gasteiger partial charge in [-0.25, -0.2) is 0 Å². The molecular formula is C29H53N3O5. The van der Waals surface area contributed by atoms with Crippen molar-refractivity contribution in [1.82, 2.24) is 14.7 Å². The summed E-state index contributed by atoms with van der Waals surface area (Å²) >= 11 is 0. The van der Waals surface area contributed by atoms with Crippen molar-refractivity contribution >= 4 is 17.7 Å². The molecule has 0 bridgehead atoms. The highest BCUT2D eigenvalue weighted by atomic mass is 16.5.